The van der Waals surface area contributed by atoms with E-state index in [0.717, 1.165) is 28.3 Å². The molecule has 0 aliphatic rings. The number of carboxylic acids is 1. The zero-order valence-electron chi connectivity index (χ0n) is 21.8. The molecule has 0 bridgehead atoms. The van der Waals surface area contributed by atoms with Gasteiger partial charge in [-0.25, -0.2) is 4.63 Å². The SMILES string of the molecule is CC(C)(C(=O)O)c1cccc(-c2ccc(CN(Cc3ccc(C(F)(F)F)o3)Cc3cccc4nonc34)cc2)c1. The summed E-state index contributed by atoms with van der Waals surface area (Å²) < 4.78 is 49.3. The minimum atomic E-state index is -4.56. The van der Waals surface area contributed by atoms with E-state index in [1.54, 1.807) is 26.0 Å². The number of aliphatic carboxylic acids is 1. The lowest BCUT2D eigenvalue weighted by Crippen LogP contribution is -2.28. The molecule has 0 saturated carbocycles. The van der Waals surface area contributed by atoms with Crippen molar-refractivity contribution in [2.75, 3.05) is 0 Å². The fourth-order valence-corrected chi connectivity index (χ4v) is 4.51. The highest BCUT2D eigenvalue weighted by Gasteiger charge is 2.35. The van der Waals surface area contributed by atoms with Crippen molar-refractivity contribution in [3.8, 4) is 11.1 Å². The van der Waals surface area contributed by atoms with Crippen molar-refractivity contribution >= 4 is 17.0 Å². The van der Waals surface area contributed by atoms with E-state index in [4.69, 9.17) is 9.05 Å². The van der Waals surface area contributed by atoms with Crippen LogP contribution < -0.4 is 0 Å². The van der Waals surface area contributed by atoms with E-state index in [-0.39, 0.29) is 12.3 Å². The smallest absolute Gasteiger partial charge is 0.449 e. The van der Waals surface area contributed by atoms with Crippen LogP contribution in [0, 0.1) is 0 Å². The number of nitrogens with zero attached hydrogens (tertiary/aromatic N) is 3. The van der Waals surface area contributed by atoms with E-state index in [1.807, 2.05) is 59.5 Å². The molecule has 1 N–H and O–H groups in total. The highest BCUT2D eigenvalue weighted by molar-refractivity contribution is 5.81. The van der Waals surface area contributed by atoms with E-state index in [1.165, 1.54) is 6.07 Å². The number of furan rings is 1. The number of rotatable bonds is 9. The number of fused-ring (bicyclic) bond motifs is 1. The summed E-state index contributed by atoms with van der Waals surface area (Å²) in [6, 6.07) is 22.9. The molecule has 0 radical (unpaired) electrons. The molecule has 206 valence electrons. The maximum Gasteiger partial charge on any atom is 0.449 e. The molecule has 0 atom stereocenters. The number of carboxylic acid groups (broad SMARTS) is 1. The Bertz CT molecular complexity index is 1640. The first-order chi connectivity index (χ1) is 19.0. The van der Waals surface area contributed by atoms with Gasteiger partial charge in [0, 0.05) is 13.1 Å². The van der Waals surface area contributed by atoms with Gasteiger partial charge in [0.2, 0.25) is 5.76 Å². The summed E-state index contributed by atoms with van der Waals surface area (Å²) in [7, 11) is 0. The Labute approximate surface area is 227 Å². The molecule has 0 unspecified atom stereocenters. The summed E-state index contributed by atoms with van der Waals surface area (Å²) in [5, 5.41) is 17.4. The van der Waals surface area contributed by atoms with Gasteiger partial charge in [-0.2, -0.15) is 13.2 Å². The van der Waals surface area contributed by atoms with Crippen LogP contribution in [-0.2, 0) is 36.0 Å². The summed E-state index contributed by atoms with van der Waals surface area (Å²) in [5.41, 5.74) is 4.38. The molecule has 0 fully saturated rings. The van der Waals surface area contributed by atoms with Gasteiger partial charge in [-0.15, -0.1) is 0 Å². The molecule has 3 aromatic carbocycles. The topological polar surface area (TPSA) is 92.6 Å². The van der Waals surface area contributed by atoms with Gasteiger partial charge in [0.15, 0.2) is 0 Å². The summed E-state index contributed by atoms with van der Waals surface area (Å²) >= 11 is 0. The monoisotopic (exact) mass is 549 g/mol. The summed E-state index contributed by atoms with van der Waals surface area (Å²) in [6.07, 6.45) is -4.56. The Balaban J connectivity index is 1.40. The highest BCUT2D eigenvalue weighted by atomic mass is 19.4. The van der Waals surface area contributed by atoms with E-state index in [0.29, 0.717) is 29.7 Å². The van der Waals surface area contributed by atoms with E-state index >= 15 is 0 Å². The molecule has 10 heteroatoms. The Morgan fingerprint density at radius 1 is 0.875 bits per heavy atom. The van der Waals surface area contributed by atoms with Gasteiger partial charge in [0.1, 0.15) is 16.8 Å². The molecule has 2 heterocycles. The van der Waals surface area contributed by atoms with E-state index < -0.39 is 23.3 Å². The summed E-state index contributed by atoms with van der Waals surface area (Å²) in [5.74, 6) is -1.76. The normalized spacial score (nSPS) is 12.3. The average Bonchev–Trinajstić information content (AvgIpc) is 3.59. The molecule has 0 aliphatic heterocycles. The van der Waals surface area contributed by atoms with Crippen molar-refractivity contribution < 1.29 is 32.1 Å². The first-order valence-electron chi connectivity index (χ1n) is 12.5. The molecule has 5 aromatic rings. The van der Waals surface area contributed by atoms with Crippen LogP contribution in [0.2, 0.25) is 0 Å². The maximum atomic E-state index is 13.1. The molecular formula is C30H26F3N3O4. The molecule has 0 saturated heterocycles. The van der Waals surface area contributed by atoms with Gasteiger partial charge >= 0.3 is 12.1 Å². The molecule has 0 amide bonds. The molecule has 2 aromatic heterocycles. The van der Waals surface area contributed by atoms with Crippen LogP contribution in [0.1, 0.15) is 42.1 Å². The number of hydrogen-bond acceptors (Lipinski definition) is 6. The zero-order valence-corrected chi connectivity index (χ0v) is 21.8. The van der Waals surface area contributed by atoms with Crippen molar-refractivity contribution in [3.05, 3.63) is 107 Å². The van der Waals surface area contributed by atoms with Crippen molar-refractivity contribution in [1.29, 1.82) is 0 Å². The molecule has 0 spiro atoms. The van der Waals surface area contributed by atoms with Gasteiger partial charge < -0.3 is 9.52 Å². The van der Waals surface area contributed by atoms with Crippen molar-refractivity contribution in [2.45, 2.75) is 45.1 Å². The largest absolute Gasteiger partial charge is 0.481 e. The average molecular weight is 550 g/mol. The van der Waals surface area contributed by atoms with Gasteiger partial charge in [-0.3, -0.25) is 9.69 Å². The van der Waals surface area contributed by atoms with Gasteiger partial charge in [-0.1, -0.05) is 60.7 Å². The van der Waals surface area contributed by atoms with Crippen LogP contribution >= 0.6 is 0 Å². The van der Waals surface area contributed by atoms with Crippen molar-refractivity contribution in [3.63, 3.8) is 0 Å². The van der Waals surface area contributed by atoms with Gasteiger partial charge in [0.05, 0.1) is 12.0 Å². The van der Waals surface area contributed by atoms with Crippen LogP contribution in [-0.4, -0.2) is 26.3 Å². The van der Waals surface area contributed by atoms with Crippen molar-refractivity contribution in [2.24, 2.45) is 0 Å². The Morgan fingerprint density at radius 3 is 2.33 bits per heavy atom. The van der Waals surface area contributed by atoms with Crippen LogP contribution in [0.5, 0.6) is 0 Å². The van der Waals surface area contributed by atoms with Gasteiger partial charge in [0.25, 0.3) is 0 Å². The number of alkyl halides is 3. The summed E-state index contributed by atoms with van der Waals surface area (Å²) in [6.45, 7) is 4.24. The molecule has 0 aliphatic carbocycles. The third-order valence-corrected chi connectivity index (χ3v) is 6.90. The predicted molar refractivity (Wildman–Crippen MR) is 141 cm³/mol. The maximum absolute atomic E-state index is 13.1. The first kappa shape index (κ1) is 27.1. The van der Waals surface area contributed by atoms with Crippen molar-refractivity contribution in [1.82, 2.24) is 15.2 Å². The Hall–Kier alpha value is -4.44. The Kier molecular flexibility index (Phi) is 7.20. The van der Waals surface area contributed by atoms with Crippen LogP contribution in [0.3, 0.4) is 0 Å². The van der Waals surface area contributed by atoms with Gasteiger partial charge in [-0.05, 0) is 70.2 Å². The third-order valence-electron chi connectivity index (χ3n) is 6.90. The lowest BCUT2D eigenvalue weighted by molar-refractivity contribution is -0.153. The second-order valence-electron chi connectivity index (χ2n) is 10.2. The van der Waals surface area contributed by atoms with Crippen LogP contribution in [0.15, 0.2) is 87.9 Å². The van der Waals surface area contributed by atoms with E-state index in [9.17, 15) is 23.1 Å². The predicted octanol–water partition coefficient (Wildman–Crippen LogP) is 7.07. The fourth-order valence-electron chi connectivity index (χ4n) is 4.51. The van der Waals surface area contributed by atoms with Crippen LogP contribution in [0.4, 0.5) is 13.2 Å². The Morgan fingerprint density at radius 2 is 1.62 bits per heavy atom. The summed E-state index contributed by atoms with van der Waals surface area (Å²) in [4.78, 5) is 13.7. The zero-order chi connectivity index (χ0) is 28.5. The molecular weight excluding hydrogens is 523 g/mol. The second-order valence-corrected chi connectivity index (χ2v) is 10.2. The quantitative estimate of drug-likeness (QED) is 0.210. The molecule has 5 rings (SSSR count). The first-order valence-corrected chi connectivity index (χ1v) is 12.5. The second kappa shape index (κ2) is 10.6. The highest BCUT2D eigenvalue weighted by Crippen LogP contribution is 2.32. The lowest BCUT2D eigenvalue weighted by atomic mass is 9.83. The number of hydrogen-bond donors (Lipinski definition) is 1. The minimum absolute atomic E-state index is 0.131. The third kappa shape index (κ3) is 5.76. The minimum Gasteiger partial charge on any atom is -0.481 e. The number of carbonyl (C=O) groups is 1. The van der Waals surface area contributed by atoms with Crippen LogP contribution in [0.25, 0.3) is 22.2 Å². The number of benzene rings is 3. The standard InChI is InChI=1S/C30H26F3N3O4/c1-29(2,28(37)38)23-7-3-5-21(15-23)20-11-9-19(10-12-20)16-36(18-24-13-14-26(39-24)30(31,32)33)17-22-6-4-8-25-27(22)35-40-34-25/h3-15H,16-18H2,1-2H3,(H,37,38). The lowest BCUT2D eigenvalue weighted by Gasteiger charge is -2.22. The number of halogens is 3. The molecule has 40 heavy (non-hydrogen) atoms. The van der Waals surface area contributed by atoms with E-state index in [2.05, 4.69) is 10.3 Å². The molecule has 7 nitrogen and oxygen atoms in total. The number of aromatic nitrogens is 2. The fraction of sp³-hybridized carbons (Fsp3) is 0.233.